The maximum Gasteiger partial charge on any atom is 0.295 e. The van der Waals surface area contributed by atoms with Gasteiger partial charge in [-0.3, -0.25) is 9.59 Å². The monoisotopic (exact) mass is 425 g/mol. The van der Waals surface area contributed by atoms with Crippen LogP contribution < -0.4 is 9.47 Å². The molecule has 1 saturated heterocycles. The number of rotatable bonds is 9. The molecule has 1 unspecified atom stereocenters. The first kappa shape index (κ1) is 22.4. The molecule has 164 valence electrons. The standard InChI is InChI=1S/C24H27NO6/c1-4-12-31-19-10-6-8-17(15-19)22(26)20-21(16-7-5-9-18(14-16)30-3)25(11-13-29-2)24(28)23(20)27/h5-10,14-15,21,26H,4,11-13H2,1-3H3. The molecule has 0 aromatic heterocycles. The lowest BCUT2D eigenvalue weighted by atomic mass is 9.95. The number of methoxy groups -OCH3 is 2. The van der Waals surface area contributed by atoms with Crippen LogP contribution in [0.4, 0.5) is 0 Å². The van der Waals surface area contributed by atoms with Gasteiger partial charge in [0.05, 0.1) is 31.9 Å². The van der Waals surface area contributed by atoms with E-state index in [1.54, 1.807) is 55.6 Å². The Morgan fingerprint density at radius 2 is 1.77 bits per heavy atom. The number of Topliss-reactive ketones (excluding diaryl/α,β-unsaturated/α-hetero) is 1. The fourth-order valence-electron chi connectivity index (χ4n) is 3.57. The van der Waals surface area contributed by atoms with Crippen LogP contribution in [-0.2, 0) is 14.3 Å². The second-order valence-electron chi connectivity index (χ2n) is 7.14. The quantitative estimate of drug-likeness (QED) is 0.376. The molecule has 0 bridgehead atoms. The van der Waals surface area contributed by atoms with Gasteiger partial charge in [0, 0.05) is 19.2 Å². The Hall–Kier alpha value is -3.32. The Balaban J connectivity index is 2.12. The summed E-state index contributed by atoms with van der Waals surface area (Å²) in [4.78, 5) is 27.2. The van der Waals surface area contributed by atoms with Crippen molar-refractivity contribution in [1.29, 1.82) is 0 Å². The number of amides is 1. The van der Waals surface area contributed by atoms with Gasteiger partial charge < -0.3 is 24.2 Å². The predicted molar refractivity (Wildman–Crippen MR) is 116 cm³/mol. The lowest BCUT2D eigenvalue weighted by molar-refractivity contribution is -0.140. The van der Waals surface area contributed by atoms with Crippen molar-refractivity contribution in [2.45, 2.75) is 19.4 Å². The van der Waals surface area contributed by atoms with E-state index in [9.17, 15) is 14.7 Å². The number of carbonyl (C=O) groups is 2. The Labute approximate surface area is 181 Å². The molecule has 7 nitrogen and oxygen atoms in total. The molecule has 0 aliphatic carbocycles. The molecule has 1 fully saturated rings. The highest BCUT2D eigenvalue weighted by Gasteiger charge is 2.46. The van der Waals surface area contributed by atoms with E-state index < -0.39 is 17.7 Å². The summed E-state index contributed by atoms with van der Waals surface area (Å²) in [6.07, 6.45) is 0.844. The first-order valence-electron chi connectivity index (χ1n) is 10.2. The van der Waals surface area contributed by atoms with E-state index in [0.717, 1.165) is 6.42 Å². The van der Waals surface area contributed by atoms with E-state index in [-0.39, 0.29) is 24.5 Å². The molecule has 3 rings (SSSR count). The molecule has 1 amide bonds. The molecule has 1 aliphatic heterocycles. The maximum absolute atomic E-state index is 13.0. The Morgan fingerprint density at radius 3 is 2.48 bits per heavy atom. The van der Waals surface area contributed by atoms with Crippen molar-refractivity contribution >= 4 is 17.4 Å². The highest BCUT2D eigenvalue weighted by molar-refractivity contribution is 6.46. The number of ketones is 1. The second kappa shape index (κ2) is 10.1. The topological polar surface area (TPSA) is 85.3 Å². The summed E-state index contributed by atoms with van der Waals surface area (Å²) in [5, 5.41) is 11.1. The average Bonchev–Trinajstić information content (AvgIpc) is 3.05. The molecule has 0 spiro atoms. The molecule has 31 heavy (non-hydrogen) atoms. The number of hydrogen-bond donors (Lipinski definition) is 1. The van der Waals surface area contributed by atoms with Gasteiger partial charge in [0.1, 0.15) is 17.3 Å². The number of ether oxygens (including phenoxy) is 3. The van der Waals surface area contributed by atoms with Gasteiger partial charge in [-0.25, -0.2) is 0 Å². The second-order valence-corrected chi connectivity index (χ2v) is 7.14. The summed E-state index contributed by atoms with van der Waals surface area (Å²) in [6.45, 7) is 3.00. The highest BCUT2D eigenvalue weighted by Crippen LogP contribution is 2.40. The average molecular weight is 425 g/mol. The van der Waals surface area contributed by atoms with Crippen molar-refractivity contribution < 1.29 is 28.9 Å². The summed E-state index contributed by atoms with van der Waals surface area (Å²) in [6, 6.07) is 13.2. The Bertz CT molecular complexity index is 984. The van der Waals surface area contributed by atoms with Gasteiger partial charge >= 0.3 is 0 Å². The van der Waals surface area contributed by atoms with Gasteiger partial charge in [-0.1, -0.05) is 31.2 Å². The highest BCUT2D eigenvalue weighted by atomic mass is 16.5. The summed E-state index contributed by atoms with van der Waals surface area (Å²) in [5.41, 5.74) is 1.10. The van der Waals surface area contributed by atoms with Crippen LogP contribution >= 0.6 is 0 Å². The van der Waals surface area contributed by atoms with Crippen LogP contribution in [0.5, 0.6) is 11.5 Å². The molecular formula is C24H27NO6. The van der Waals surface area contributed by atoms with Gasteiger partial charge in [0.15, 0.2) is 0 Å². The van der Waals surface area contributed by atoms with E-state index >= 15 is 0 Å². The normalized spacial score (nSPS) is 17.8. The van der Waals surface area contributed by atoms with Crippen LogP contribution in [-0.4, -0.2) is 55.7 Å². The molecule has 0 saturated carbocycles. The van der Waals surface area contributed by atoms with Crippen LogP contribution in [0.15, 0.2) is 54.1 Å². The summed E-state index contributed by atoms with van der Waals surface area (Å²) >= 11 is 0. The zero-order valence-corrected chi connectivity index (χ0v) is 18.0. The van der Waals surface area contributed by atoms with E-state index in [1.165, 1.54) is 12.0 Å². The van der Waals surface area contributed by atoms with Gasteiger partial charge in [-0.2, -0.15) is 0 Å². The minimum Gasteiger partial charge on any atom is -0.507 e. The third-order valence-electron chi connectivity index (χ3n) is 5.07. The number of likely N-dealkylation sites (tertiary alicyclic amines) is 1. The summed E-state index contributed by atoms with van der Waals surface area (Å²) < 4.78 is 16.1. The minimum absolute atomic E-state index is 0.0296. The largest absolute Gasteiger partial charge is 0.507 e. The maximum atomic E-state index is 13.0. The smallest absolute Gasteiger partial charge is 0.295 e. The first-order valence-corrected chi connectivity index (χ1v) is 10.2. The SMILES string of the molecule is CCCOc1cccc(C(O)=C2C(=O)C(=O)N(CCOC)C2c2cccc(OC)c2)c1. The fourth-order valence-corrected chi connectivity index (χ4v) is 3.57. The van der Waals surface area contributed by atoms with E-state index in [1.807, 2.05) is 6.92 Å². The number of carbonyl (C=O) groups excluding carboxylic acids is 2. The molecular weight excluding hydrogens is 398 g/mol. The van der Waals surface area contributed by atoms with Gasteiger partial charge in [0.2, 0.25) is 0 Å². The minimum atomic E-state index is -0.759. The lowest BCUT2D eigenvalue weighted by Gasteiger charge is -2.25. The molecule has 1 atom stereocenters. The predicted octanol–water partition coefficient (Wildman–Crippen LogP) is 3.55. The third-order valence-corrected chi connectivity index (χ3v) is 5.07. The van der Waals surface area contributed by atoms with Crippen LogP contribution in [0.25, 0.3) is 5.76 Å². The molecule has 1 N–H and O–H groups in total. The number of benzene rings is 2. The van der Waals surface area contributed by atoms with E-state index in [2.05, 4.69) is 0 Å². The van der Waals surface area contributed by atoms with Crippen molar-refractivity contribution in [1.82, 2.24) is 4.90 Å². The third kappa shape index (κ3) is 4.72. The number of hydrogen-bond acceptors (Lipinski definition) is 6. The molecule has 1 aliphatic rings. The lowest BCUT2D eigenvalue weighted by Crippen LogP contribution is -2.32. The van der Waals surface area contributed by atoms with Crippen LogP contribution in [0.3, 0.4) is 0 Å². The Kier molecular flexibility index (Phi) is 7.31. The molecule has 2 aromatic rings. The summed E-state index contributed by atoms with van der Waals surface area (Å²) in [5.74, 6) is -0.485. The molecule has 7 heteroatoms. The number of aliphatic hydroxyl groups is 1. The van der Waals surface area contributed by atoms with Crippen molar-refractivity contribution in [3.8, 4) is 11.5 Å². The molecule has 2 aromatic carbocycles. The molecule has 1 heterocycles. The molecule has 0 radical (unpaired) electrons. The van der Waals surface area contributed by atoms with Crippen molar-refractivity contribution in [3.05, 3.63) is 65.2 Å². The van der Waals surface area contributed by atoms with E-state index in [4.69, 9.17) is 14.2 Å². The number of aliphatic hydroxyl groups excluding tert-OH is 1. The van der Waals surface area contributed by atoms with Crippen molar-refractivity contribution in [2.75, 3.05) is 34.0 Å². The van der Waals surface area contributed by atoms with Crippen molar-refractivity contribution in [2.24, 2.45) is 0 Å². The summed E-state index contributed by atoms with van der Waals surface area (Å²) in [7, 11) is 3.07. The number of nitrogens with zero attached hydrogens (tertiary/aromatic N) is 1. The van der Waals surface area contributed by atoms with Crippen LogP contribution in [0.1, 0.15) is 30.5 Å². The Morgan fingerprint density at radius 1 is 1.03 bits per heavy atom. The van der Waals surface area contributed by atoms with Gasteiger partial charge in [0.25, 0.3) is 11.7 Å². The zero-order chi connectivity index (χ0) is 22.4. The van der Waals surface area contributed by atoms with Crippen molar-refractivity contribution in [3.63, 3.8) is 0 Å². The zero-order valence-electron chi connectivity index (χ0n) is 18.0. The van der Waals surface area contributed by atoms with Crippen LogP contribution in [0.2, 0.25) is 0 Å². The van der Waals surface area contributed by atoms with Gasteiger partial charge in [-0.15, -0.1) is 0 Å². The first-order chi connectivity index (χ1) is 15.0. The van der Waals surface area contributed by atoms with Gasteiger partial charge in [-0.05, 0) is 36.2 Å². The van der Waals surface area contributed by atoms with Crippen LogP contribution in [0, 0.1) is 0 Å². The fraction of sp³-hybridized carbons (Fsp3) is 0.333. The van der Waals surface area contributed by atoms with E-state index in [0.29, 0.717) is 29.2 Å².